The van der Waals surface area contributed by atoms with E-state index in [2.05, 4.69) is 20.9 Å². The molecule has 0 amide bonds. The summed E-state index contributed by atoms with van der Waals surface area (Å²) in [6.07, 6.45) is 1.61. The molecule has 0 saturated heterocycles. The Kier molecular flexibility index (Phi) is 4.79. The number of methoxy groups -OCH3 is 2. The van der Waals surface area contributed by atoms with Gasteiger partial charge < -0.3 is 14.2 Å². The van der Waals surface area contributed by atoms with Crippen molar-refractivity contribution in [3.05, 3.63) is 46.4 Å². The van der Waals surface area contributed by atoms with Crippen molar-refractivity contribution in [3.8, 4) is 17.2 Å². The van der Waals surface area contributed by atoms with Crippen molar-refractivity contribution >= 4 is 15.9 Å². The van der Waals surface area contributed by atoms with Crippen LogP contribution in [0.1, 0.15) is 5.69 Å². The Hall–Kier alpha value is -1.82. The number of pyridine rings is 1. The van der Waals surface area contributed by atoms with Crippen LogP contribution in [0, 0.1) is 5.82 Å². The van der Waals surface area contributed by atoms with E-state index in [1.807, 2.05) is 0 Å². The van der Waals surface area contributed by atoms with Crippen molar-refractivity contribution in [1.82, 2.24) is 4.98 Å². The first kappa shape index (κ1) is 14.6. The molecule has 1 heterocycles. The van der Waals surface area contributed by atoms with Gasteiger partial charge in [0.05, 0.1) is 18.7 Å². The predicted molar refractivity (Wildman–Crippen MR) is 75.8 cm³/mol. The Bertz CT molecular complexity index is 607. The van der Waals surface area contributed by atoms with Gasteiger partial charge in [-0.05, 0) is 34.1 Å². The van der Waals surface area contributed by atoms with Gasteiger partial charge in [-0.1, -0.05) is 0 Å². The number of benzene rings is 1. The first-order valence-electron chi connectivity index (χ1n) is 5.79. The highest BCUT2D eigenvalue weighted by Gasteiger charge is 2.12. The van der Waals surface area contributed by atoms with E-state index in [4.69, 9.17) is 14.2 Å². The quantitative estimate of drug-likeness (QED) is 0.833. The van der Waals surface area contributed by atoms with Gasteiger partial charge >= 0.3 is 0 Å². The number of ether oxygens (including phenoxy) is 3. The lowest BCUT2D eigenvalue weighted by molar-refractivity contribution is 0.283. The zero-order chi connectivity index (χ0) is 14.5. The fraction of sp³-hybridized carbons (Fsp3) is 0.214. The maximum Gasteiger partial charge on any atom is 0.185 e. The lowest BCUT2D eigenvalue weighted by Gasteiger charge is -2.13. The van der Waals surface area contributed by atoms with Gasteiger partial charge in [0.1, 0.15) is 23.9 Å². The van der Waals surface area contributed by atoms with Crippen molar-refractivity contribution in [3.63, 3.8) is 0 Å². The first-order valence-corrected chi connectivity index (χ1v) is 6.58. The summed E-state index contributed by atoms with van der Waals surface area (Å²) >= 11 is 3.24. The molecule has 106 valence electrons. The molecule has 0 saturated carbocycles. The van der Waals surface area contributed by atoms with E-state index in [1.54, 1.807) is 25.4 Å². The summed E-state index contributed by atoms with van der Waals surface area (Å²) in [7, 11) is 3.09. The summed E-state index contributed by atoms with van der Waals surface area (Å²) in [5.74, 6) is 1.30. The molecule has 0 N–H and O–H groups in total. The number of rotatable bonds is 5. The number of hydrogen-bond donors (Lipinski definition) is 0. The summed E-state index contributed by atoms with van der Waals surface area (Å²) in [6, 6.07) is 5.92. The molecule has 1 aromatic carbocycles. The molecular formula is C14H13BrFNO3. The molecule has 6 heteroatoms. The monoisotopic (exact) mass is 341 g/mol. The van der Waals surface area contributed by atoms with E-state index in [-0.39, 0.29) is 12.4 Å². The minimum atomic E-state index is -0.332. The lowest BCUT2D eigenvalue weighted by Crippen LogP contribution is -2.03. The molecule has 0 radical (unpaired) electrons. The Labute approximate surface area is 124 Å². The van der Waals surface area contributed by atoms with Gasteiger partial charge in [0, 0.05) is 12.3 Å². The third kappa shape index (κ3) is 3.19. The average molecular weight is 342 g/mol. The number of aromatic nitrogens is 1. The van der Waals surface area contributed by atoms with Gasteiger partial charge in [0.25, 0.3) is 0 Å². The summed E-state index contributed by atoms with van der Waals surface area (Å²) < 4.78 is 29.6. The van der Waals surface area contributed by atoms with Crippen LogP contribution < -0.4 is 14.2 Å². The van der Waals surface area contributed by atoms with Crippen LogP contribution in [0.25, 0.3) is 0 Å². The minimum absolute atomic E-state index is 0.185. The molecule has 0 aliphatic rings. The molecule has 0 fully saturated rings. The van der Waals surface area contributed by atoms with Crippen molar-refractivity contribution in [2.75, 3.05) is 14.2 Å². The molecule has 0 aliphatic heterocycles. The maximum atomic E-state index is 13.0. The van der Waals surface area contributed by atoms with E-state index < -0.39 is 0 Å². The van der Waals surface area contributed by atoms with E-state index >= 15 is 0 Å². The van der Waals surface area contributed by atoms with Crippen molar-refractivity contribution in [2.24, 2.45) is 0 Å². The third-order valence-corrected chi connectivity index (χ3v) is 3.24. The topological polar surface area (TPSA) is 40.6 Å². The summed E-state index contributed by atoms with van der Waals surface area (Å²) in [5.41, 5.74) is 0.600. The fourth-order valence-electron chi connectivity index (χ4n) is 1.69. The maximum absolute atomic E-state index is 13.0. The Morgan fingerprint density at radius 3 is 2.60 bits per heavy atom. The second-order valence-corrected chi connectivity index (χ2v) is 4.71. The number of hydrogen-bond acceptors (Lipinski definition) is 4. The van der Waals surface area contributed by atoms with Gasteiger partial charge in [-0.15, -0.1) is 0 Å². The smallest absolute Gasteiger partial charge is 0.185 e. The van der Waals surface area contributed by atoms with Crippen LogP contribution in [0.3, 0.4) is 0 Å². The largest absolute Gasteiger partial charge is 0.493 e. The van der Waals surface area contributed by atoms with Crippen LogP contribution in [0.2, 0.25) is 0 Å². The fourth-order valence-corrected chi connectivity index (χ4v) is 2.16. The van der Waals surface area contributed by atoms with Crippen molar-refractivity contribution in [2.45, 2.75) is 6.61 Å². The third-order valence-electron chi connectivity index (χ3n) is 2.62. The van der Waals surface area contributed by atoms with Gasteiger partial charge in [0.15, 0.2) is 11.5 Å². The Morgan fingerprint density at radius 1 is 1.15 bits per heavy atom. The first-order chi connectivity index (χ1) is 9.65. The zero-order valence-electron chi connectivity index (χ0n) is 11.0. The number of halogens is 2. The molecule has 0 aliphatic carbocycles. The minimum Gasteiger partial charge on any atom is -0.493 e. The van der Waals surface area contributed by atoms with Crippen LogP contribution >= 0.6 is 15.9 Å². The van der Waals surface area contributed by atoms with Gasteiger partial charge in [0.2, 0.25) is 0 Å². The molecule has 20 heavy (non-hydrogen) atoms. The van der Waals surface area contributed by atoms with Crippen molar-refractivity contribution in [1.29, 1.82) is 0 Å². The second-order valence-electron chi connectivity index (χ2n) is 3.86. The highest BCUT2D eigenvalue weighted by molar-refractivity contribution is 9.10. The number of nitrogens with zero attached hydrogens (tertiary/aromatic N) is 1. The van der Waals surface area contributed by atoms with E-state index in [1.165, 1.54) is 19.2 Å². The highest BCUT2D eigenvalue weighted by Crippen LogP contribution is 2.31. The molecule has 4 nitrogen and oxygen atoms in total. The standard InChI is InChI=1S/C14H13BrFNO3/c1-18-13-5-6-17-11(14(13)19-2)8-20-12-4-3-9(16)7-10(12)15/h3-7H,8H2,1-2H3. The Morgan fingerprint density at radius 2 is 1.95 bits per heavy atom. The van der Waals surface area contributed by atoms with Crippen LogP contribution in [0.5, 0.6) is 17.2 Å². The SMILES string of the molecule is COc1ccnc(COc2ccc(F)cc2Br)c1OC. The summed E-state index contributed by atoms with van der Waals surface area (Å²) in [4.78, 5) is 4.20. The van der Waals surface area contributed by atoms with Crippen molar-refractivity contribution < 1.29 is 18.6 Å². The summed E-state index contributed by atoms with van der Waals surface area (Å²) in [5, 5.41) is 0. The molecule has 1 aromatic heterocycles. The van der Waals surface area contributed by atoms with E-state index in [9.17, 15) is 4.39 Å². The van der Waals surface area contributed by atoms with Gasteiger partial charge in [-0.3, -0.25) is 4.98 Å². The van der Waals surface area contributed by atoms with Crippen LogP contribution in [0.4, 0.5) is 4.39 Å². The molecule has 0 bridgehead atoms. The zero-order valence-corrected chi connectivity index (χ0v) is 12.6. The molecular weight excluding hydrogens is 329 g/mol. The molecule has 0 unspecified atom stereocenters. The average Bonchev–Trinajstić information content (AvgIpc) is 2.45. The molecule has 0 atom stereocenters. The second kappa shape index (κ2) is 6.56. The Balaban J connectivity index is 2.18. The summed E-state index contributed by atoms with van der Waals surface area (Å²) in [6.45, 7) is 0.185. The highest BCUT2D eigenvalue weighted by atomic mass is 79.9. The lowest BCUT2D eigenvalue weighted by atomic mass is 10.3. The van der Waals surface area contributed by atoms with E-state index in [0.717, 1.165) is 0 Å². The van der Waals surface area contributed by atoms with Gasteiger partial charge in [-0.25, -0.2) is 4.39 Å². The van der Waals surface area contributed by atoms with Crippen LogP contribution in [-0.4, -0.2) is 19.2 Å². The molecule has 2 aromatic rings. The predicted octanol–water partition coefficient (Wildman–Crippen LogP) is 3.58. The van der Waals surface area contributed by atoms with Crippen LogP contribution in [-0.2, 0) is 6.61 Å². The molecule has 0 spiro atoms. The van der Waals surface area contributed by atoms with Crippen LogP contribution in [0.15, 0.2) is 34.9 Å². The normalized spacial score (nSPS) is 10.2. The van der Waals surface area contributed by atoms with E-state index in [0.29, 0.717) is 27.4 Å². The molecule has 2 rings (SSSR count). The van der Waals surface area contributed by atoms with Gasteiger partial charge in [-0.2, -0.15) is 0 Å².